The van der Waals surface area contributed by atoms with Crippen LogP contribution in [0.15, 0.2) is 78.9 Å². The van der Waals surface area contributed by atoms with Crippen molar-refractivity contribution in [3.63, 3.8) is 0 Å². The Kier molecular flexibility index (Phi) is 7.94. The molecule has 0 aliphatic rings. The molecule has 0 saturated heterocycles. The predicted octanol–water partition coefficient (Wildman–Crippen LogP) is 2.59. The maximum Gasteiger partial charge on any atom is 0.251 e. The molecule has 0 fully saturated rings. The van der Waals surface area contributed by atoms with E-state index in [1.807, 2.05) is 30.3 Å². The zero-order valence-electron chi connectivity index (χ0n) is 17.4. The zero-order chi connectivity index (χ0) is 22.9. The Morgan fingerprint density at radius 3 is 2.06 bits per heavy atom. The molecule has 166 valence electrons. The normalized spacial score (nSPS) is 12.6. The van der Waals surface area contributed by atoms with Crippen molar-refractivity contribution in [3.05, 3.63) is 101 Å². The molecule has 32 heavy (non-hydrogen) atoms. The highest BCUT2D eigenvalue weighted by molar-refractivity contribution is 5.97. The van der Waals surface area contributed by atoms with Crippen LogP contribution < -0.4 is 10.6 Å². The van der Waals surface area contributed by atoms with E-state index in [2.05, 4.69) is 10.6 Å². The number of aliphatic hydroxyl groups excluding tert-OH is 1. The van der Waals surface area contributed by atoms with Gasteiger partial charge in [-0.2, -0.15) is 0 Å². The van der Waals surface area contributed by atoms with E-state index in [1.54, 1.807) is 12.1 Å². The van der Waals surface area contributed by atoms with Gasteiger partial charge in [-0.05, 0) is 53.9 Å². The van der Waals surface area contributed by atoms with E-state index in [9.17, 15) is 24.2 Å². The first-order valence-electron chi connectivity index (χ1n) is 10.2. The Hall–Kier alpha value is -3.71. The number of amides is 2. The standard InChI is InChI=1S/C25H25FN2O4/c26-20-10-8-19(9-11-20)24(31)28-23(15-18-6-12-22(30)13-7-18)25(32)27-21(16-29)14-17-4-2-1-3-5-17/h1-13,21,23,29-30H,14-16H2,(H,27,32)(H,28,31)/t21-,23-/m0/s1. The molecule has 0 aliphatic carbocycles. The number of carbonyl (C=O) groups excluding carboxylic acids is 2. The van der Waals surface area contributed by atoms with Crippen LogP contribution >= 0.6 is 0 Å². The number of rotatable bonds is 9. The van der Waals surface area contributed by atoms with Gasteiger partial charge in [0.25, 0.3) is 5.91 Å². The zero-order valence-corrected chi connectivity index (χ0v) is 17.4. The molecular weight excluding hydrogens is 411 g/mol. The van der Waals surface area contributed by atoms with Gasteiger partial charge in [0.05, 0.1) is 12.6 Å². The van der Waals surface area contributed by atoms with Crippen molar-refractivity contribution in [1.29, 1.82) is 0 Å². The van der Waals surface area contributed by atoms with Crippen LogP contribution in [0.2, 0.25) is 0 Å². The molecule has 0 bridgehead atoms. The largest absolute Gasteiger partial charge is 0.508 e. The van der Waals surface area contributed by atoms with E-state index in [1.165, 1.54) is 36.4 Å². The monoisotopic (exact) mass is 436 g/mol. The highest BCUT2D eigenvalue weighted by Crippen LogP contribution is 2.13. The molecule has 6 nitrogen and oxygen atoms in total. The summed E-state index contributed by atoms with van der Waals surface area (Å²) < 4.78 is 13.2. The Morgan fingerprint density at radius 1 is 0.812 bits per heavy atom. The van der Waals surface area contributed by atoms with E-state index in [0.29, 0.717) is 6.42 Å². The molecule has 0 aromatic heterocycles. The summed E-state index contributed by atoms with van der Waals surface area (Å²) in [7, 11) is 0. The smallest absolute Gasteiger partial charge is 0.251 e. The molecule has 3 aromatic carbocycles. The quantitative estimate of drug-likeness (QED) is 0.414. The Bertz CT molecular complexity index is 1020. The number of phenolic OH excluding ortho intramolecular Hbond substituents is 1. The van der Waals surface area contributed by atoms with Gasteiger partial charge in [-0.3, -0.25) is 9.59 Å². The van der Waals surface area contributed by atoms with Gasteiger partial charge in [0.1, 0.15) is 17.6 Å². The van der Waals surface area contributed by atoms with Gasteiger partial charge in [0, 0.05) is 12.0 Å². The molecule has 4 N–H and O–H groups in total. The number of phenols is 1. The third-order valence-electron chi connectivity index (χ3n) is 5.00. The summed E-state index contributed by atoms with van der Waals surface area (Å²) in [6.45, 7) is -0.265. The molecule has 0 saturated carbocycles. The molecule has 2 atom stereocenters. The maximum absolute atomic E-state index is 13.2. The second-order valence-electron chi connectivity index (χ2n) is 7.48. The summed E-state index contributed by atoms with van der Waals surface area (Å²) in [5.41, 5.74) is 1.90. The molecule has 0 aliphatic heterocycles. The van der Waals surface area contributed by atoms with Crippen LogP contribution in [0.3, 0.4) is 0 Å². The summed E-state index contributed by atoms with van der Waals surface area (Å²) in [5.74, 6) is -1.35. The summed E-state index contributed by atoms with van der Waals surface area (Å²) in [6, 6.07) is 19.3. The van der Waals surface area contributed by atoms with Crippen LogP contribution in [0.25, 0.3) is 0 Å². The van der Waals surface area contributed by atoms with Gasteiger partial charge in [0.2, 0.25) is 5.91 Å². The number of hydrogen-bond acceptors (Lipinski definition) is 4. The van der Waals surface area contributed by atoms with Crippen molar-refractivity contribution in [2.45, 2.75) is 24.9 Å². The van der Waals surface area contributed by atoms with Crippen molar-refractivity contribution in [1.82, 2.24) is 10.6 Å². The SMILES string of the molecule is O=C(N[C@@H](Cc1ccc(O)cc1)C(=O)N[C@H](CO)Cc1ccccc1)c1ccc(F)cc1. The number of benzene rings is 3. The summed E-state index contributed by atoms with van der Waals surface area (Å²) in [6.07, 6.45) is 0.601. The van der Waals surface area contributed by atoms with Gasteiger partial charge >= 0.3 is 0 Å². The van der Waals surface area contributed by atoms with Gasteiger partial charge in [0.15, 0.2) is 0 Å². The third kappa shape index (κ3) is 6.65. The van der Waals surface area contributed by atoms with Crippen molar-refractivity contribution in [2.24, 2.45) is 0 Å². The van der Waals surface area contributed by atoms with E-state index in [0.717, 1.165) is 11.1 Å². The van der Waals surface area contributed by atoms with Crippen LogP contribution in [0.1, 0.15) is 21.5 Å². The molecule has 3 aromatic rings. The topological polar surface area (TPSA) is 98.7 Å². The average Bonchev–Trinajstić information content (AvgIpc) is 2.80. The maximum atomic E-state index is 13.2. The lowest BCUT2D eigenvalue weighted by atomic mass is 10.0. The molecular formula is C25H25FN2O4. The Labute approximate surface area is 185 Å². The molecule has 3 rings (SSSR count). The summed E-state index contributed by atoms with van der Waals surface area (Å²) in [5, 5.41) is 24.8. The molecule has 7 heteroatoms. The summed E-state index contributed by atoms with van der Waals surface area (Å²) in [4.78, 5) is 25.7. The van der Waals surface area contributed by atoms with Gasteiger partial charge in [-0.1, -0.05) is 42.5 Å². The number of aromatic hydroxyl groups is 1. The highest BCUT2D eigenvalue weighted by atomic mass is 19.1. The average molecular weight is 436 g/mol. The molecule has 0 spiro atoms. The number of hydrogen-bond donors (Lipinski definition) is 4. The molecule has 0 heterocycles. The van der Waals surface area contributed by atoms with E-state index in [4.69, 9.17) is 0 Å². The van der Waals surface area contributed by atoms with Gasteiger partial charge < -0.3 is 20.8 Å². The first kappa shape index (κ1) is 23.0. The second-order valence-corrected chi connectivity index (χ2v) is 7.48. The highest BCUT2D eigenvalue weighted by Gasteiger charge is 2.24. The first-order chi connectivity index (χ1) is 15.4. The number of carbonyl (C=O) groups is 2. The molecule has 0 unspecified atom stereocenters. The van der Waals surface area contributed by atoms with Crippen LogP contribution in [0.5, 0.6) is 5.75 Å². The second kappa shape index (κ2) is 11.1. The fraction of sp³-hybridized carbons (Fsp3) is 0.200. The molecule has 0 radical (unpaired) electrons. The van der Waals surface area contributed by atoms with Crippen molar-refractivity contribution in [3.8, 4) is 5.75 Å². The van der Waals surface area contributed by atoms with Gasteiger partial charge in [-0.15, -0.1) is 0 Å². The van der Waals surface area contributed by atoms with Crippen LogP contribution in [0, 0.1) is 5.82 Å². The van der Waals surface area contributed by atoms with E-state index >= 15 is 0 Å². The minimum Gasteiger partial charge on any atom is -0.508 e. The van der Waals surface area contributed by atoms with Crippen molar-refractivity contribution < 1.29 is 24.2 Å². The van der Waals surface area contributed by atoms with Crippen molar-refractivity contribution in [2.75, 3.05) is 6.61 Å². The molecule has 2 amide bonds. The van der Waals surface area contributed by atoms with E-state index in [-0.39, 0.29) is 24.3 Å². The first-order valence-corrected chi connectivity index (χ1v) is 10.2. The fourth-order valence-electron chi connectivity index (χ4n) is 3.28. The van der Waals surface area contributed by atoms with Crippen molar-refractivity contribution >= 4 is 11.8 Å². The number of nitrogens with one attached hydrogen (secondary N) is 2. The van der Waals surface area contributed by atoms with E-state index < -0.39 is 29.7 Å². The lowest BCUT2D eigenvalue weighted by Gasteiger charge is -2.23. The van der Waals surface area contributed by atoms with Crippen LogP contribution in [-0.2, 0) is 17.6 Å². The Balaban J connectivity index is 1.74. The fourth-order valence-corrected chi connectivity index (χ4v) is 3.28. The lowest BCUT2D eigenvalue weighted by molar-refractivity contribution is -0.124. The number of aliphatic hydroxyl groups is 1. The predicted molar refractivity (Wildman–Crippen MR) is 119 cm³/mol. The minimum atomic E-state index is -0.943. The van der Waals surface area contributed by atoms with Crippen LogP contribution in [0.4, 0.5) is 4.39 Å². The number of halogens is 1. The van der Waals surface area contributed by atoms with Gasteiger partial charge in [-0.25, -0.2) is 4.39 Å². The minimum absolute atomic E-state index is 0.0910. The Morgan fingerprint density at radius 2 is 1.44 bits per heavy atom. The van der Waals surface area contributed by atoms with Crippen LogP contribution in [-0.4, -0.2) is 40.7 Å². The summed E-state index contributed by atoms with van der Waals surface area (Å²) >= 11 is 0. The third-order valence-corrected chi connectivity index (χ3v) is 5.00. The lowest BCUT2D eigenvalue weighted by Crippen LogP contribution is -2.52.